The molecule has 91 heavy (non-hydrogen) atoms. The molecule has 27 heteroatoms. The van der Waals surface area contributed by atoms with Gasteiger partial charge < -0.3 is 60.2 Å². The van der Waals surface area contributed by atoms with Crippen LogP contribution in [0.5, 0.6) is 0 Å². The normalized spacial score (nSPS) is 16.3. The minimum absolute atomic E-state index is 0.0371. The number of hydrogen-bond donors (Lipinski definition) is 6. The second-order valence-electron chi connectivity index (χ2n) is 27.3. The number of rotatable bonds is 40. The van der Waals surface area contributed by atoms with E-state index in [1.54, 1.807) is 48.6 Å². The van der Waals surface area contributed by atoms with Crippen molar-refractivity contribution < 1.29 is 71.0 Å². The molecular formula is C64H117F3N12O12. The first-order valence-electron chi connectivity index (χ1n) is 32.2. The van der Waals surface area contributed by atoms with E-state index in [0.29, 0.717) is 24.9 Å². The number of hydrogen-bond acceptors (Lipinski definition) is 15. The fourth-order valence-corrected chi connectivity index (χ4v) is 10.8. The van der Waals surface area contributed by atoms with Crippen LogP contribution in [0.1, 0.15) is 162 Å². The molecule has 10 amide bonds. The average Bonchev–Trinajstić information content (AvgIpc) is 0.835. The Morgan fingerprint density at radius 2 is 1.05 bits per heavy atom. The quantitative estimate of drug-likeness (QED) is 0.0364. The second kappa shape index (κ2) is 39.0. The number of aliphatic hydroxyl groups is 1. The lowest BCUT2D eigenvalue weighted by Crippen LogP contribution is -2.67. The van der Waals surface area contributed by atoms with E-state index in [-0.39, 0.29) is 68.9 Å². The monoisotopic (exact) mass is 1300 g/mol. The summed E-state index contributed by atoms with van der Waals surface area (Å²) >= 11 is 0. The third kappa shape index (κ3) is 26.3. The Balaban J connectivity index is 7.48. The number of nitrogens with one attached hydrogen (secondary N) is 5. The number of carbonyl (C=O) groups excluding carboxylic acids is 11. The minimum atomic E-state index is -4.44. The SMILES string of the molecule is CC[C@@H](NC(=O)[C@H]([C@H](O)[C@H](C)CCN(C)CCC(F)(F)F)N(C)C(=O)[C@H](C(C)C)N(C)C(=O)[C@@H](CC(C)C)N(C)C(=O)[C@H](CC(C)C)N(C)C(=O)N[C@H](C)C(=O)NC(=O)[C@H](CCC(C)C)NC)C(=O)N(C)[C@H](C)C(=O)N(C)[C@@](C=O)(CC(C)C)N[C@H](C=O)C(C)C. The highest BCUT2D eigenvalue weighted by Gasteiger charge is 2.47. The molecule has 0 radical (unpaired) electrons. The fourth-order valence-electron chi connectivity index (χ4n) is 10.8. The first kappa shape index (κ1) is 85.2. The lowest BCUT2D eigenvalue weighted by Gasteiger charge is -2.43. The Labute approximate surface area is 541 Å². The maximum atomic E-state index is 15.3. The van der Waals surface area contributed by atoms with Crippen molar-refractivity contribution in [2.24, 2.45) is 41.4 Å². The Bertz CT molecular complexity index is 2380. The lowest BCUT2D eigenvalue weighted by molar-refractivity contribution is -0.157. The van der Waals surface area contributed by atoms with Crippen molar-refractivity contribution in [3.8, 4) is 0 Å². The molecule has 0 rings (SSSR count). The summed E-state index contributed by atoms with van der Waals surface area (Å²) in [5, 5.41) is 25.9. The maximum Gasteiger partial charge on any atom is 0.390 e. The summed E-state index contributed by atoms with van der Waals surface area (Å²) in [6, 6.07) is -11.8. The number of urea groups is 1. The topological polar surface area (TPSA) is 291 Å². The molecule has 0 aromatic carbocycles. The third-order valence-electron chi connectivity index (χ3n) is 17.0. The highest BCUT2D eigenvalue weighted by Crippen LogP contribution is 2.27. The van der Waals surface area contributed by atoms with Crippen LogP contribution >= 0.6 is 0 Å². The number of nitrogens with zero attached hydrogens (tertiary/aromatic N) is 7. The van der Waals surface area contributed by atoms with E-state index in [9.17, 15) is 61.4 Å². The van der Waals surface area contributed by atoms with E-state index in [0.717, 1.165) is 30.9 Å². The van der Waals surface area contributed by atoms with Gasteiger partial charge in [-0.1, -0.05) is 96.9 Å². The van der Waals surface area contributed by atoms with Gasteiger partial charge in [0, 0.05) is 48.8 Å². The molecule has 0 unspecified atom stereocenters. The summed E-state index contributed by atoms with van der Waals surface area (Å²) in [6.45, 7) is 27.5. The van der Waals surface area contributed by atoms with Crippen LogP contribution in [-0.2, 0) is 47.9 Å². The first-order chi connectivity index (χ1) is 41.8. The van der Waals surface area contributed by atoms with Gasteiger partial charge in [0.25, 0.3) is 0 Å². The minimum Gasteiger partial charge on any atom is -0.390 e. The Morgan fingerprint density at radius 1 is 0.538 bits per heavy atom. The molecule has 24 nitrogen and oxygen atoms in total. The summed E-state index contributed by atoms with van der Waals surface area (Å²) < 4.78 is 39.6. The molecule has 0 fully saturated rings. The molecule has 526 valence electrons. The van der Waals surface area contributed by atoms with Crippen LogP contribution in [-0.4, -0.2) is 247 Å². The third-order valence-corrected chi connectivity index (χ3v) is 17.0. The molecule has 0 aromatic rings. The number of aliphatic hydroxyl groups excluding tert-OH is 1. The Morgan fingerprint density at radius 3 is 1.49 bits per heavy atom. The molecule has 6 N–H and O–H groups in total. The smallest absolute Gasteiger partial charge is 0.390 e. The van der Waals surface area contributed by atoms with E-state index in [1.165, 1.54) is 73.0 Å². The second-order valence-corrected chi connectivity index (χ2v) is 27.3. The molecular weight excluding hydrogens is 1190 g/mol. The number of halogens is 3. The van der Waals surface area contributed by atoms with Crippen LogP contribution < -0.4 is 26.6 Å². The molecule has 0 aliphatic carbocycles. The summed E-state index contributed by atoms with van der Waals surface area (Å²) in [5.74, 6) is -8.07. The molecule has 12 atom stereocenters. The Kier molecular flexibility index (Phi) is 36.5. The van der Waals surface area contributed by atoms with Crippen molar-refractivity contribution in [3.05, 3.63) is 0 Å². The molecule has 0 aliphatic heterocycles. The number of carbonyl (C=O) groups is 11. The number of likely N-dealkylation sites (N-methyl/N-ethyl adjacent to an activating group) is 7. The van der Waals surface area contributed by atoms with Crippen molar-refractivity contribution in [2.75, 3.05) is 69.5 Å². The van der Waals surface area contributed by atoms with Crippen LogP contribution in [0.15, 0.2) is 0 Å². The number of amides is 10. The zero-order valence-electron chi connectivity index (χ0n) is 59.2. The maximum absolute atomic E-state index is 15.3. The van der Waals surface area contributed by atoms with Crippen LogP contribution in [0.2, 0.25) is 0 Å². The molecule has 0 aromatic heterocycles. The van der Waals surface area contributed by atoms with Gasteiger partial charge in [-0.05, 0) is 121 Å². The van der Waals surface area contributed by atoms with Crippen molar-refractivity contribution in [1.29, 1.82) is 0 Å². The number of alkyl halides is 3. The van der Waals surface area contributed by atoms with Crippen LogP contribution in [0.3, 0.4) is 0 Å². The molecule has 0 bridgehead atoms. The van der Waals surface area contributed by atoms with Gasteiger partial charge in [0.05, 0.1) is 24.6 Å². The fraction of sp³-hybridized carbons (Fsp3) is 0.828. The molecule has 0 saturated heterocycles. The summed E-state index contributed by atoms with van der Waals surface area (Å²) in [6.07, 6.45) is -4.60. The highest BCUT2D eigenvalue weighted by molar-refractivity contribution is 6.01. The molecule has 0 aliphatic rings. The van der Waals surface area contributed by atoms with E-state index < -0.39 is 144 Å². The predicted octanol–water partition coefficient (Wildman–Crippen LogP) is 4.51. The zero-order valence-corrected chi connectivity index (χ0v) is 59.2. The Hall–Kier alpha value is -5.80. The summed E-state index contributed by atoms with van der Waals surface area (Å²) in [7, 11) is 11.2. The average molecular weight is 1300 g/mol. The first-order valence-corrected chi connectivity index (χ1v) is 32.2. The van der Waals surface area contributed by atoms with Gasteiger partial charge in [0.1, 0.15) is 48.6 Å². The van der Waals surface area contributed by atoms with Gasteiger partial charge in [-0.2, -0.15) is 13.2 Å². The van der Waals surface area contributed by atoms with Crippen LogP contribution in [0, 0.1) is 41.4 Å². The van der Waals surface area contributed by atoms with E-state index in [1.807, 2.05) is 55.4 Å². The van der Waals surface area contributed by atoms with Crippen molar-refractivity contribution in [3.63, 3.8) is 0 Å². The predicted molar refractivity (Wildman–Crippen MR) is 344 cm³/mol. The standard InChI is InChI=1S/C64H117F3N12O12/c1-25-46(58(87)74(19)45(16)57(86)79(24)63(36-81,34-40(8)9)72-48(35-80)41(10)11)70-56(85)52(53(82)43(14)28-30-73(18)31-29-64(65,66)67)78(23)61(90)51(42(12)13)77(22)60(89)49(32-38(4)5)75(20)59(88)50(33-39(6)7)76(21)62(91)69-44(15)54(83)71-55(84)47(68-17)27-26-37(2)3/h35-53,68,72,82H,25-34H2,1-24H3,(H,69,91)(H,70,85)(H,71,83,84)/t43-,44-,45-,46-,47+,48-,49-,50+,51+,52+,53-,63-/m1/s1. The molecule has 0 spiro atoms. The van der Waals surface area contributed by atoms with Gasteiger partial charge in [-0.25, -0.2) is 4.79 Å². The molecule has 0 saturated carbocycles. The van der Waals surface area contributed by atoms with E-state index in [2.05, 4.69) is 26.6 Å². The van der Waals surface area contributed by atoms with Crippen molar-refractivity contribution in [2.45, 2.75) is 234 Å². The van der Waals surface area contributed by atoms with E-state index >= 15 is 9.59 Å². The van der Waals surface area contributed by atoms with Gasteiger partial charge in [0.2, 0.25) is 47.3 Å². The largest absolute Gasteiger partial charge is 0.390 e. The van der Waals surface area contributed by atoms with Gasteiger partial charge in [-0.15, -0.1) is 0 Å². The number of aldehydes is 2. The van der Waals surface area contributed by atoms with E-state index in [4.69, 9.17) is 0 Å². The lowest BCUT2D eigenvalue weighted by atomic mass is 9.91. The highest BCUT2D eigenvalue weighted by atomic mass is 19.4. The van der Waals surface area contributed by atoms with Crippen molar-refractivity contribution >= 4 is 65.9 Å². The van der Waals surface area contributed by atoms with Gasteiger partial charge in [-0.3, -0.25) is 53.8 Å². The van der Waals surface area contributed by atoms with Gasteiger partial charge in [0.15, 0.2) is 11.9 Å². The number of imide groups is 1. The van der Waals surface area contributed by atoms with Gasteiger partial charge >= 0.3 is 12.2 Å². The summed E-state index contributed by atoms with van der Waals surface area (Å²) in [5.41, 5.74) is -1.67. The molecule has 0 heterocycles. The summed E-state index contributed by atoms with van der Waals surface area (Å²) in [4.78, 5) is 163. The van der Waals surface area contributed by atoms with Crippen molar-refractivity contribution in [1.82, 2.24) is 60.9 Å². The van der Waals surface area contributed by atoms with Crippen LogP contribution in [0.4, 0.5) is 18.0 Å². The van der Waals surface area contributed by atoms with Crippen LogP contribution in [0.25, 0.3) is 0 Å². The zero-order chi connectivity index (χ0) is 71.1.